The number of likely N-dealkylation sites (tertiary alicyclic amines) is 1. The Morgan fingerprint density at radius 1 is 1.40 bits per heavy atom. The molecule has 8 heteroatoms. The molecule has 1 N–H and O–H groups in total. The zero-order chi connectivity index (χ0) is 16.5. The Labute approximate surface area is 156 Å². The number of ether oxygens (including phenoxy) is 2. The molecule has 0 spiro atoms. The number of benzene rings is 1. The third-order valence-corrected chi connectivity index (χ3v) is 5.45. The highest BCUT2D eigenvalue weighted by Gasteiger charge is 2.30. The van der Waals surface area contributed by atoms with E-state index in [9.17, 15) is 4.79 Å². The molecular formula is C17H20ClN3O3S. The molecule has 0 radical (unpaired) electrons. The summed E-state index contributed by atoms with van der Waals surface area (Å²) in [6.45, 7) is 1.91. The van der Waals surface area contributed by atoms with Gasteiger partial charge in [-0.25, -0.2) is 4.98 Å². The second-order valence-corrected chi connectivity index (χ2v) is 6.98. The summed E-state index contributed by atoms with van der Waals surface area (Å²) < 4.78 is 10.7. The highest BCUT2D eigenvalue weighted by atomic mass is 35.5. The van der Waals surface area contributed by atoms with Gasteiger partial charge in [-0.05, 0) is 38.1 Å². The van der Waals surface area contributed by atoms with Crippen molar-refractivity contribution in [2.75, 3.05) is 26.9 Å². The first-order valence-corrected chi connectivity index (χ1v) is 8.89. The summed E-state index contributed by atoms with van der Waals surface area (Å²) in [5.74, 6) is 1.56. The molecule has 25 heavy (non-hydrogen) atoms. The van der Waals surface area contributed by atoms with E-state index in [0.29, 0.717) is 4.88 Å². The first-order valence-electron chi connectivity index (χ1n) is 8.07. The molecule has 134 valence electrons. The average molecular weight is 382 g/mol. The lowest BCUT2D eigenvalue weighted by molar-refractivity contribution is 0.0741. The topological polar surface area (TPSA) is 63.7 Å². The predicted molar refractivity (Wildman–Crippen MR) is 98.9 cm³/mol. The number of rotatable bonds is 4. The number of hydrogen-bond donors (Lipinski definition) is 1. The molecule has 2 aliphatic heterocycles. The van der Waals surface area contributed by atoms with Crippen LogP contribution in [0.3, 0.4) is 0 Å². The Kier molecular flexibility index (Phi) is 5.46. The fraction of sp³-hybridized carbons (Fsp3) is 0.412. The lowest BCUT2D eigenvalue weighted by Crippen LogP contribution is -2.40. The third kappa shape index (κ3) is 3.44. The van der Waals surface area contributed by atoms with Crippen molar-refractivity contribution < 1.29 is 14.3 Å². The van der Waals surface area contributed by atoms with Crippen LogP contribution in [0.2, 0.25) is 0 Å². The molecule has 1 aromatic heterocycles. The SMILES string of the molecule is CNCC1CCCN1C(=O)c1cnc(-c2ccc3c(c2)OCO3)s1.Cl. The molecule has 6 nitrogen and oxygen atoms in total. The molecule has 0 saturated carbocycles. The van der Waals surface area contributed by atoms with Crippen LogP contribution in [-0.4, -0.2) is 48.8 Å². The van der Waals surface area contributed by atoms with Gasteiger partial charge >= 0.3 is 0 Å². The maximum absolute atomic E-state index is 12.8. The Morgan fingerprint density at radius 3 is 3.08 bits per heavy atom. The van der Waals surface area contributed by atoms with Gasteiger partial charge in [0.1, 0.15) is 9.88 Å². The number of nitrogens with zero attached hydrogens (tertiary/aromatic N) is 2. The number of hydrogen-bond acceptors (Lipinski definition) is 6. The summed E-state index contributed by atoms with van der Waals surface area (Å²) in [5, 5.41) is 3.99. The molecule has 4 rings (SSSR count). The standard InChI is InChI=1S/C17H19N3O3S.ClH/c1-18-8-12-3-2-6-20(12)17(21)15-9-19-16(24-15)11-4-5-13-14(7-11)23-10-22-13;/h4-5,7,9,12,18H,2-3,6,8,10H2,1H3;1H. The van der Waals surface area contributed by atoms with Crippen LogP contribution in [0.25, 0.3) is 10.6 Å². The minimum atomic E-state index is 0. The van der Waals surface area contributed by atoms with E-state index >= 15 is 0 Å². The van der Waals surface area contributed by atoms with Gasteiger partial charge in [-0.1, -0.05) is 0 Å². The average Bonchev–Trinajstić information content (AvgIpc) is 3.33. The van der Waals surface area contributed by atoms with Crippen LogP contribution in [0.4, 0.5) is 0 Å². The molecule has 1 aromatic carbocycles. The zero-order valence-corrected chi connectivity index (χ0v) is 15.5. The maximum atomic E-state index is 12.8. The molecule has 2 aliphatic rings. The van der Waals surface area contributed by atoms with E-state index in [1.807, 2.05) is 30.1 Å². The van der Waals surface area contributed by atoms with Crippen molar-refractivity contribution >= 4 is 29.7 Å². The predicted octanol–water partition coefficient (Wildman–Crippen LogP) is 2.78. The first-order chi connectivity index (χ1) is 11.8. The number of fused-ring (bicyclic) bond motifs is 1. The molecule has 1 saturated heterocycles. The Balaban J connectivity index is 0.00000182. The fourth-order valence-corrected chi connectivity index (χ4v) is 4.10. The Bertz CT molecular complexity index is 767. The number of halogens is 1. The van der Waals surface area contributed by atoms with Crippen molar-refractivity contribution in [2.45, 2.75) is 18.9 Å². The minimum Gasteiger partial charge on any atom is -0.454 e. The molecule has 0 bridgehead atoms. The Morgan fingerprint density at radius 2 is 2.24 bits per heavy atom. The number of aromatic nitrogens is 1. The number of thiazole rings is 1. The highest BCUT2D eigenvalue weighted by molar-refractivity contribution is 7.16. The Hall–Kier alpha value is -1.83. The van der Waals surface area contributed by atoms with Crippen molar-refractivity contribution in [3.05, 3.63) is 29.3 Å². The number of carbonyl (C=O) groups excluding carboxylic acids is 1. The fourth-order valence-electron chi connectivity index (χ4n) is 3.23. The largest absolute Gasteiger partial charge is 0.454 e. The lowest BCUT2D eigenvalue weighted by Gasteiger charge is -2.23. The van der Waals surface area contributed by atoms with Gasteiger partial charge in [0.05, 0.1) is 6.20 Å². The maximum Gasteiger partial charge on any atom is 0.265 e. The van der Waals surface area contributed by atoms with Crippen LogP contribution < -0.4 is 14.8 Å². The number of nitrogens with one attached hydrogen (secondary N) is 1. The van der Waals surface area contributed by atoms with Crippen molar-refractivity contribution in [3.63, 3.8) is 0 Å². The second-order valence-electron chi connectivity index (χ2n) is 5.95. The molecule has 1 unspecified atom stereocenters. The summed E-state index contributed by atoms with van der Waals surface area (Å²) in [5.41, 5.74) is 0.941. The van der Waals surface area contributed by atoms with Crippen LogP contribution in [0.1, 0.15) is 22.5 Å². The van der Waals surface area contributed by atoms with Crippen molar-refractivity contribution in [1.82, 2.24) is 15.2 Å². The summed E-state index contributed by atoms with van der Waals surface area (Å²) in [7, 11) is 1.92. The molecule has 2 aromatic rings. The van der Waals surface area contributed by atoms with Gasteiger partial charge < -0.3 is 19.7 Å². The summed E-state index contributed by atoms with van der Waals surface area (Å²) in [6, 6.07) is 6.01. The smallest absolute Gasteiger partial charge is 0.265 e. The monoisotopic (exact) mass is 381 g/mol. The first kappa shape index (κ1) is 18.0. The van der Waals surface area contributed by atoms with Gasteiger partial charge in [0.15, 0.2) is 11.5 Å². The van der Waals surface area contributed by atoms with Crippen LogP contribution in [0, 0.1) is 0 Å². The van der Waals surface area contributed by atoms with Gasteiger partial charge in [0, 0.05) is 24.7 Å². The van der Waals surface area contributed by atoms with E-state index in [0.717, 1.165) is 48.0 Å². The minimum absolute atomic E-state index is 0. The van der Waals surface area contributed by atoms with Crippen LogP contribution in [-0.2, 0) is 0 Å². The molecule has 0 aliphatic carbocycles. The van der Waals surface area contributed by atoms with Gasteiger partial charge in [-0.3, -0.25) is 4.79 Å². The van der Waals surface area contributed by atoms with Gasteiger partial charge in [0.2, 0.25) is 6.79 Å². The van der Waals surface area contributed by atoms with Crippen molar-refractivity contribution in [3.8, 4) is 22.1 Å². The van der Waals surface area contributed by atoms with Crippen LogP contribution in [0.5, 0.6) is 11.5 Å². The summed E-state index contributed by atoms with van der Waals surface area (Å²) in [6.07, 6.45) is 3.80. The summed E-state index contributed by atoms with van der Waals surface area (Å²) in [4.78, 5) is 19.9. The van der Waals surface area contributed by atoms with E-state index in [1.54, 1.807) is 6.20 Å². The van der Waals surface area contributed by atoms with Gasteiger partial charge in [0.25, 0.3) is 5.91 Å². The third-order valence-electron chi connectivity index (χ3n) is 4.41. The van der Waals surface area contributed by atoms with Crippen LogP contribution >= 0.6 is 23.7 Å². The van der Waals surface area contributed by atoms with Crippen molar-refractivity contribution in [2.24, 2.45) is 0 Å². The normalized spacial score (nSPS) is 18.3. The van der Waals surface area contributed by atoms with Gasteiger partial charge in [-0.2, -0.15) is 0 Å². The van der Waals surface area contributed by atoms with E-state index in [2.05, 4.69) is 10.3 Å². The quantitative estimate of drug-likeness (QED) is 0.882. The van der Waals surface area contributed by atoms with E-state index in [-0.39, 0.29) is 31.1 Å². The summed E-state index contributed by atoms with van der Waals surface area (Å²) >= 11 is 1.43. The molecule has 1 atom stereocenters. The van der Waals surface area contributed by atoms with Crippen molar-refractivity contribution in [1.29, 1.82) is 0 Å². The highest BCUT2D eigenvalue weighted by Crippen LogP contribution is 2.37. The second kappa shape index (κ2) is 7.59. The van der Waals surface area contributed by atoms with Gasteiger partial charge in [-0.15, -0.1) is 23.7 Å². The molecular weight excluding hydrogens is 362 g/mol. The zero-order valence-electron chi connectivity index (χ0n) is 13.9. The van der Waals surface area contributed by atoms with E-state index in [4.69, 9.17) is 9.47 Å². The number of amides is 1. The molecule has 3 heterocycles. The van der Waals surface area contributed by atoms with E-state index < -0.39 is 0 Å². The molecule has 1 amide bonds. The van der Waals surface area contributed by atoms with Crippen LogP contribution in [0.15, 0.2) is 24.4 Å². The lowest BCUT2D eigenvalue weighted by atomic mass is 10.2. The number of carbonyl (C=O) groups is 1. The van der Waals surface area contributed by atoms with E-state index in [1.165, 1.54) is 11.3 Å². The number of likely N-dealkylation sites (N-methyl/N-ethyl adjacent to an activating group) is 1. The molecule has 1 fully saturated rings.